The fraction of sp³-hybridized carbons (Fsp3) is 1.00. The molecule has 10 heteroatoms. The quantitative estimate of drug-likeness (QED) is 0.393. The lowest BCUT2D eigenvalue weighted by Crippen LogP contribution is -2.38. The van der Waals surface area contributed by atoms with E-state index in [0.717, 1.165) is 0 Å². The summed E-state index contributed by atoms with van der Waals surface area (Å²) in [5, 5.41) is -4.86. The molecule has 0 bridgehead atoms. The standard InChI is InChI=1S/C10H16F6O3S/c11-8(10(15,16)20(17,18)19)6-4-2-1-3-5-7-9(12,13)14/h8H,1-7H2,(H,17,18,19). The van der Waals surface area contributed by atoms with Gasteiger partial charge in [0, 0.05) is 6.42 Å². The minimum absolute atomic E-state index is 0.0935. The second kappa shape index (κ2) is 7.48. The van der Waals surface area contributed by atoms with E-state index in [-0.39, 0.29) is 25.7 Å². The van der Waals surface area contributed by atoms with Gasteiger partial charge in [0.15, 0.2) is 6.17 Å². The highest BCUT2D eigenvalue weighted by atomic mass is 32.2. The lowest BCUT2D eigenvalue weighted by atomic mass is 10.1. The summed E-state index contributed by atoms with van der Waals surface area (Å²) < 4.78 is 102. The van der Waals surface area contributed by atoms with E-state index in [1.165, 1.54) is 0 Å². The lowest BCUT2D eigenvalue weighted by molar-refractivity contribution is -0.135. The molecule has 1 N–H and O–H groups in total. The fourth-order valence-corrected chi connectivity index (χ4v) is 1.95. The summed E-state index contributed by atoms with van der Waals surface area (Å²) in [6.07, 6.45) is -8.44. The molecule has 0 amide bonds. The Morgan fingerprint density at radius 1 is 0.900 bits per heavy atom. The van der Waals surface area contributed by atoms with Gasteiger partial charge in [0.1, 0.15) is 0 Å². The third kappa shape index (κ3) is 7.32. The van der Waals surface area contributed by atoms with E-state index >= 15 is 0 Å². The van der Waals surface area contributed by atoms with E-state index in [9.17, 15) is 34.8 Å². The first-order valence-corrected chi connectivity index (χ1v) is 7.37. The van der Waals surface area contributed by atoms with Crippen LogP contribution in [0, 0.1) is 0 Å². The summed E-state index contributed by atoms with van der Waals surface area (Å²) in [5.74, 6) is 0. The molecule has 1 unspecified atom stereocenters. The van der Waals surface area contributed by atoms with E-state index in [4.69, 9.17) is 4.55 Å². The van der Waals surface area contributed by atoms with Crippen molar-refractivity contribution < 1.29 is 39.3 Å². The summed E-state index contributed by atoms with van der Waals surface area (Å²) in [6, 6.07) is 0. The summed E-state index contributed by atoms with van der Waals surface area (Å²) in [4.78, 5) is 0. The van der Waals surface area contributed by atoms with E-state index in [1.807, 2.05) is 0 Å². The van der Waals surface area contributed by atoms with Gasteiger partial charge >= 0.3 is 21.5 Å². The van der Waals surface area contributed by atoms with Gasteiger partial charge in [-0.25, -0.2) is 4.39 Å². The van der Waals surface area contributed by atoms with Gasteiger partial charge < -0.3 is 0 Å². The van der Waals surface area contributed by atoms with Crippen molar-refractivity contribution in [1.82, 2.24) is 0 Å². The van der Waals surface area contributed by atoms with Gasteiger partial charge in [-0.1, -0.05) is 25.7 Å². The summed E-state index contributed by atoms with van der Waals surface area (Å²) >= 11 is 0. The van der Waals surface area contributed by atoms with Crippen molar-refractivity contribution in [3.8, 4) is 0 Å². The minimum Gasteiger partial charge on any atom is -0.281 e. The van der Waals surface area contributed by atoms with Gasteiger partial charge in [0.25, 0.3) is 0 Å². The molecule has 20 heavy (non-hydrogen) atoms. The SMILES string of the molecule is O=S(=O)(O)C(F)(F)C(F)CCCCCCCC(F)(F)F. The summed E-state index contributed by atoms with van der Waals surface area (Å²) in [6.45, 7) is 0. The van der Waals surface area contributed by atoms with Crippen molar-refractivity contribution in [2.75, 3.05) is 0 Å². The van der Waals surface area contributed by atoms with Gasteiger partial charge in [-0.2, -0.15) is 30.4 Å². The predicted octanol–water partition coefficient (Wildman–Crippen LogP) is 4.10. The van der Waals surface area contributed by atoms with Crippen molar-refractivity contribution in [2.45, 2.75) is 62.5 Å². The van der Waals surface area contributed by atoms with Gasteiger partial charge in [0.05, 0.1) is 0 Å². The number of alkyl halides is 6. The zero-order chi connectivity index (χ0) is 16.0. The fourth-order valence-electron chi connectivity index (χ4n) is 1.51. The highest BCUT2D eigenvalue weighted by molar-refractivity contribution is 7.86. The molecular weight excluding hydrogens is 314 g/mol. The Morgan fingerprint density at radius 2 is 1.35 bits per heavy atom. The Kier molecular flexibility index (Phi) is 7.29. The van der Waals surface area contributed by atoms with Crippen LogP contribution in [-0.2, 0) is 10.1 Å². The average molecular weight is 330 g/mol. The van der Waals surface area contributed by atoms with Crippen molar-refractivity contribution in [3.05, 3.63) is 0 Å². The van der Waals surface area contributed by atoms with Crippen LogP contribution in [0.4, 0.5) is 26.3 Å². The molecule has 3 nitrogen and oxygen atoms in total. The first kappa shape index (κ1) is 19.5. The lowest BCUT2D eigenvalue weighted by Gasteiger charge is -2.17. The van der Waals surface area contributed by atoms with Gasteiger partial charge in [-0.3, -0.25) is 4.55 Å². The van der Waals surface area contributed by atoms with Crippen molar-refractivity contribution >= 4 is 10.1 Å². The Bertz CT molecular complexity index is 379. The topological polar surface area (TPSA) is 54.4 Å². The first-order valence-electron chi connectivity index (χ1n) is 5.93. The zero-order valence-electron chi connectivity index (χ0n) is 10.5. The molecule has 0 aliphatic heterocycles. The minimum atomic E-state index is -5.80. The average Bonchev–Trinajstić information content (AvgIpc) is 2.24. The molecule has 0 saturated carbocycles. The smallest absolute Gasteiger partial charge is 0.281 e. The Hall–Kier alpha value is -0.510. The van der Waals surface area contributed by atoms with Crippen molar-refractivity contribution in [3.63, 3.8) is 0 Å². The predicted molar refractivity (Wildman–Crippen MR) is 59.8 cm³/mol. The number of hydrogen-bond acceptors (Lipinski definition) is 2. The van der Waals surface area contributed by atoms with Crippen LogP contribution < -0.4 is 0 Å². The van der Waals surface area contributed by atoms with Gasteiger partial charge in [-0.05, 0) is 12.8 Å². The van der Waals surface area contributed by atoms with Crippen LogP contribution in [-0.4, -0.2) is 30.6 Å². The molecule has 0 aromatic carbocycles. The molecule has 0 saturated heterocycles. The third-order valence-electron chi connectivity index (χ3n) is 2.63. The van der Waals surface area contributed by atoms with Gasteiger partial charge in [0.2, 0.25) is 0 Å². The normalized spacial score (nSPS) is 15.3. The van der Waals surface area contributed by atoms with Crippen molar-refractivity contribution in [2.24, 2.45) is 0 Å². The Morgan fingerprint density at radius 3 is 1.80 bits per heavy atom. The molecule has 0 aliphatic carbocycles. The first-order chi connectivity index (χ1) is 8.88. The Labute approximate surface area is 113 Å². The molecule has 122 valence electrons. The summed E-state index contributed by atoms with van der Waals surface area (Å²) in [7, 11) is -5.80. The van der Waals surface area contributed by atoms with Crippen LogP contribution >= 0.6 is 0 Å². The molecule has 0 aromatic heterocycles. The highest BCUT2D eigenvalue weighted by Crippen LogP contribution is 2.30. The van der Waals surface area contributed by atoms with E-state index < -0.39 is 40.6 Å². The summed E-state index contributed by atoms with van der Waals surface area (Å²) in [5.41, 5.74) is 0. The molecule has 0 fully saturated rings. The maximum atomic E-state index is 13.0. The Balaban J connectivity index is 3.81. The molecular formula is C10H16F6O3S. The second-order valence-electron chi connectivity index (χ2n) is 4.43. The number of unbranched alkanes of at least 4 members (excludes halogenated alkanes) is 4. The monoisotopic (exact) mass is 330 g/mol. The number of hydrogen-bond donors (Lipinski definition) is 1. The van der Waals surface area contributed by atoms with Crippen LogP contribution in [0.3, 0.4) is 0 Å². The van der Waals surface area contributed by atoms with Crippen molar-refractivity contribution in [1.29, 1.82) is 0 Å². The molecule has 0 spiro atoms. The zero-order valence-corrected chi connectivity index (χ0v) is 11.3. The molecule has 0 rings (SSSR count). The largest absolute Gasteiger partial charge is 0.400 e. The van der Waals surface area contributed by atoms with Gasteiger partial charge in [-0.15, -0.1) is 0 Å². The van der Waals surface area contributed by atoms with Crippen LogP contribution in [0.15, 0.2) is 0 Å². The maximum absolute atomic E-state index is 13.0. The maximum Gasteiger partial charge on any atom is 0.400 e. The number of rotatable bonds is 9. The van der Waals surface area contributed by atoms with Crippen LogP contribution in [0.5, 0.6) is 0 Å². The van der Waals surface area contributed by atoms with E-state index in [2.05, 4.69) is 0 Å². The molecule has 0 radical (unpaired) electrons. The third-order valence-corrected chi connectivity index (χ3v) is 3.57. The molecule has 0 aliphatic rings. The molecule has 1 atom stereocenters. The van der Waals surface area contributed by atoms with Crippen LogP contribution in [0.1, 0.15) is 44.9 Å². The molecule has 0 heterocycles. The van der Waals surface area contributed by atoms with Crippen LogP contribution in [0.2, 0.25) is 0 Å². The van der Waals surface area contributed by atoms with E-state index in [0.29, 0.717) is 6.42 Å². The second-order valence-corrected chi connectivity index (χ2v) is 5.92. The number of halogens is 6. The van der Waals surface area contributed by atoms with E-state index in [1.54, 1.807) is 0 Å². The molecule has 0 aromatic rings. The highest BCUT2D eigenvalue weighted by Gasteiger charge is 2.52. The van der Waals surface area contributed by atoms with Crippen LogP contribution in [0.25, 0.3) is 0 Å².